The lowest BCUT2D eigenvalue weighted by Crippen LogP contribution is -2.30. The molecule has 1 saturated carbocycles. The first-order valence-electron chi connectivity index (χ1n) is 7.70. The first-order chi connectivity index (χ1) is 10.5. The van der Waals surface area contributed by atoms with Crippen molar-refractivity contribution in [1.29, 1.82) is 0 Å². The molecular weight excluding hydrogens is 320 g/mol. The summed E-state index contributed by atoms with van der Waals surface area (Å²) >= 11 is 6.01. The topological polar surface area (TPSA) is 49.4 Å². The first-order valence-corrected chi connectivity index (χ1v) is 9.62. The number of sulfonamides is 1. The number of benzene rings is 1. The molecule has 1 aliphatic carbocycles. The zero-order chi connectivity index (χ0) is 15.6. The highest BCUT2D eigenvalue weighted by molar-refractivity contribution is 7.92. The predicted octanol–water partition coefficient (Wildman–Crippen LogP) is 2.71. The van der Waals surface area contributed by atoms with Gasteiger partial charge in [0.15, 0.2) is 0 Å². The van der Waals surface area contributed by atoms with Crippen LogP contribution >= 0.6 is 11.6 Å². The van der Waals surface area contributed by atoms with Crippen LogP contribution in [0.4, 0.5) is 0 Å². The summed E-state index contributed by atoms with van der Waals surface area (Å²) in [4.78, 5) is 2.48. The van der Waals surface area contributed by atoms with Gasteiger partial charge in [-0.3, -0.25) is 0 Å². The predicted molar refractivity (Wildman–Crippen MR) is 90.1 cm³/mol. The van der Waals surface area contributed by atoms with Gasteiger partial charge in [0.05, 0.1) is 0 Å². The quantitative estimate of drug-likeness (QED) is 0.866. The molecule has 1 aromatic carbocycles. The smallest absolute Gasteiger partial charge is 0.233 e. The molecule has 2 fully saturated rings. The minimum Gasteiger partial charge on any atom is -0.300 e. The monoisotopic (exact) mass is 340 g/mol. The zero-order valence-corrected chi connectivity index (χ0v) is 14.0. The van der Waals surface area contributed by atoms with Crippen molar-refractivity contribution in [3.63, 3.8) is 0 Å². The molecule has 1 saturated heterocycles. The fourth-order valence-corrected chi connectivity index (χ4v) is 3.94. The van der Waals surface area contributed by atoms with E-state index in [1.807, 2.05) is 12.1 Å². The van der Waals surface area contributed by atoms with Gasteiger partial charge in [0, 0.05) is 29.6 Å². The molecule has 4 nitrogen and oxygen atoms in total. The Kier molecular flexibility index (Phi) is 4.88. The minimum absolute atomic E-state index is 0.420. The fourth-order valence-electron chi connectivity index (χ4n) is 2.86. The molecule has 120 valence electrons. The maximum atomic E-state index is 12.0. The standard InChI is InChI=1S/C16H21ClN2O2S/c17-16-4-2-1-3-14(16)8-10-22(20,21)18-11-13-7-9-19(12-13)15-5-6-15/h1-4,8,10,13,15,18H,5-7,9,11-12H2/b10-8-/t13-/m1/s1. The van der Waals surface area contributed by atoms with Gasteiger partial charge in [-0.15, -0.1) is 0 Å². The van der Waals surface area contributed by atoms with Crippen LogP contribution in [0.25, 0.3) is 6.08 Å². The Morgan fingerprint density at radius 2 is 2.05 bits per heavy atom. The van der Waals surface area contributed by atoms with Gasteiger partial charge in [0.2, 0.25) is 10.0 Å². The van der Waals surface area contributed by atoms with Gasteiger partial charge in [0.1, 0.15) is 0 Å². The van der Waals surface area contributed by atoms with E-state index in [1.54, 1.807) is 12.1 Å². The van der Waals surface area contributed by atoms with E-state index in [9.17, 15) is 8.42 Å². The van der Waals surface area contributed by atoms with Gasteiger partial charge in [0.25, 0.3) is 0 Å². The summed E-state index contributed by atoms with van der Waals surface area (Å²) in [7, 11) is -3.41. The number of nitrogens with one attached hydrogen (secondary N) is 1. The third-order valence-corrected chi connectivity index (χ3v) is 5.69. The highest BCUT2D eigenvalue weighted by Gasteiger charge is 2.34. The molecule has 1 aromatic rings. The van der Waals surface area contributed by atoms with Crippen molar-refractivity contribution in [3.8, 4) is 0 Å². The molecule has 1 aliphatic heterocycles. The van der Waals surface area contributed by atoms with Crippen molar-refractivity contribution in [1.82, 2.24) is 9.62 Å². The number of halogens is 1. The van der Waals surface area contributed by atoms with E-state index in [-0.39, 0.29) is 0 Å². The van der Waals surface area contributed by atoms with E-state index in [2.05, 4.69) is 9.62 Å². The van der Waals surface area contributed by atoms with Crippen LogP contribution in [0.3, 0.4) is 0 Å². The second-order valence-electron chi connectivity index (χ2n) is 6.10. The van der Waals surface area contributed by atoms with Gasteiger partial charge in [-0.05, 0) is 49.4 Å². The van der Waals surface area contributed by atoms with Crippen LogP contribution in [0.2, 0.25) is 5.02 Å². The lowest BCUT2D eigenvalue weighted by atomic mass is 10.1. The lowest BCUT2D eigenvalue weighted by Gasteiger charge is -2.14. The molecule has 0 spiro atoms. The Bertz CT molecular complexity index is 656. The van der Waals surface area contributed by atoms with Crippen LogP contribution < -0.4 is 4.72 Å². The zero-order valence-electron chi connectivity index (χ0n) is 12.4. The molecule has 2 aliphatic rings. The Hall–Kier alpha value is -0.880. The number of likely N-dealkylation sites (tertiary alicyclic amines) is 1. The Balaban J connectivity index is 1.52. The summed E-state index contributed by atoms with van der Waals surface area (Å²) < 4.78 is 26.8. The van der Waals surface area contributed by atoms with E-state index >= 15 is 0 Å². The van der Waals surface area contributed by atoms with Crippen molar-refractivity contribution < 1.29 is 8.42 Å². The van der Waals surface area contributed by atoms with Crippen LogP contribution in [-0.2, 0) is 10.0 Å². The molecule has 6 heteroatoms. The van der Waals surface area contributed by atoms with E-state index in [0.717, 1.165) is 25.6 Å². The van der Waals surface area contributed by atoms with Gasteiger partial charge in [-0.25, -0.2) is 13.1 Å². The van der Waals surface area contributed by atoms with Gasteiger partial charge < -0.3 is 4.90 Å². The molecule has 0 amide bonds. The molecule has 0 aromatic heterocycles. The van der Waals surface area contributed by atoms with Crippen molar-refractivity contribution in [2.75, 3.05) is 19.6 Å². The molecule has 0 bridgehead atoms. The molecule has 3 rings (SSSR count). The molecular formula is C16H21ClN2O2S. The maximum absolute atomic E-state index is 12.0. The normalized spacial score (nSPS) is 23.4. The lowest BCUT2D eigenvalue weighted by molar-refractivity contribution is 0.314. The fraction of sp³-hybridized carbons (Fsp3) is 0.500. The van der Waals surface area contributed by atoms with Crippen molar-refractivity contribution >= 4 is 27.7 Å². The van der Waals surface area contributed by atoms with Crippen molar-refractivity contribution in [3.05, 3.63) is 40.3 Å². The minimum atomic E-state index is -3.41. The Morgan fingerprint density at radius 1 is 1.27 bits per heavy atom. The van der Waals surface area contributed by atoms with Gasteiger partial charge in [-0.1, -0.05) is 29.8 Å². The molecule has 22 heavy (non-hydrogen) atoms. The van der Waals surface area contributed by atoms with Crippen LogP contribution in [0.1, 0.15) is 24.8 Å². The Labute approximate surface area is 137 Å². The largest absolute Gasteiger partial charge is 0.300 e. The number of hydrogen-bond donors (Lipinski definition) is 1. The van der Waals surface area contributed by atoms with Crippen molar-refractivity contribution in [2.24, 2.45) is 5.92 Å². The summed E-state index contributed by atoms with van der Waals surface area (Å²) in [5, 5.41) is 1.74. The number of rotatable bonds is 6. The van der Waals surface area contributed by atoms with Crippen LogP contribution in [0.5, 0.6) is 0 Å². The molecule has 1 N–H and O–H groups in total. The highest BCUT2D eigenvalue weighted by atomic mass is 35.5. The van der Waals surface area contributed by atoms with E-state index in [4.69, 9.17) is 11.6 Å². The third-order valence-electron chi connectivity index (χ3n) is 4.29. The average molecular weight is 341 g/mol. The maximum Gasteiger partial charge on any atom is 0.233 e. The van der Waals surface area contributed by atoms with Crippen molar-refractivity contribution in [2.45, 2.75) is 25.3 Å². The van der Waals surface area contributed by atoms with Crippen LogP contribution in [0.15, 0.2) is 29.7 Å². The van der Waals surface area contributed by atoms with E-state index in [0.29, 0.717) is 23.0 Å². The highest BCUT2D eigenvalue weighted by Crippen LogP contribution is 2.31. The third kappa shape index (κ3) is 4.32. The van der Waals surface area contributed by atoms with E-state index < -0.39 is 10.0 Å². The molecule has 0 unspecified atom stereocenters. The summed E-state index contributed by atoms with van der Waals surface area (Å²) in [5.74, 6) is 0.420. The number of hydrogen-bond acceptors (Lipinski definition) is 3. The summed E-state index contributed by atoms with van der Waals surface area (Å²) in [6.45, 7) is 2.63. The SMILES string of the molecule is O=S(=O)(/C=C\c1ccccc1Cl)NC[C@H]1CCN(C2CC2)C1. The summed E-state index contributed by atoms with van der Waals surface area (Å²) in [6.07, 6.45) is 5.22. The number of nitrogens with zero attached hydrogens (tertiary/aromatic N) is 1. The molecule has 1 atom stereocenters. The van der Waals surface area contributed by atoms with Crippen LogP contribution in [0, 0.1) is 5.92 Å². The first kappa shape index (κ1) is 16.0. The van der Waals surface area contributed by atoms with Crippen LogP contribution in [-0.4, -0.2) is 39.0 Å². The second-order valence-corrected chi connectivity index (χ2v) is 8.16. The Morgan fingerprint density at radius 3 is 2.77 bits per heavy atom. The van der Waals surface area contributed by atoms with Gasteiger partial charge in [-0.2, -0.15) is 0 Å². The van der Waals surface area contributed by atoms with E-state index in [1.165, 1.54) is 24.3 Å². The summed E-state index contributed by atoms with van der Waals surface area (Å²) in [6, 6.07) is 7.95. The van der Waals surface area contributed by atoms with Gasteiger partial charge >= 0.3 is 0 Å². The second kappa shape index (κ2) is 6.71. The molecule has 0 radical (unpaired) electrons. The molecule has 1 heterocycles. The average Bonchev–Trinajstić information content (AvgIpc) is 3.23. The summed E-state index contributed by atoms with van der Waals surface area (Å²) in [5.41, 5.74) is 0.704.